The normalized spacial score (nSPS) is 14.4. The molecule has 0 aliphatic heterocycles. The highest BCUT2D eigenvalue weighted by Gasteiger charge is 2.23. The molecule has 0 saturated carbocycles. The fraction of sp³-hybridized carbons (Fsp3) is 0.400. The Balaban J connectivity index is 3.12. The van der Waals surface area contributed by atoms with E-state index < -0.39 is 5.97 Å². The fourth-order valence-corrected chi connectivity index (χ4v) is 2.08. The molecule has 0 amide bonds. The molecule has 0 aromatic heterocycles. The van der Waals surface area contributed by atoms with E-state index in [1.807, 2.05) is 31.2 Å². The van der Waals surface area contributed by atoms with Gasteiger partial charge in [0, 0.05) is 11.5 Å². The van der Waals surface area contributed by atoms with Crippen LogP contribution in [-0.4, -0.2) is 18.2 Å². The number of methoxy groups -OCH3 is 1. The molecule has 1 rings (SSSR count). The van der Waals surface area contributed by atoms with Crippen molar-refractivity contribution in [3.8, 4) is 5.75 Å². The minimum atomic E-state index is -0.916. The van der Waals surface area contributed by atoms with Crippen molar-refractivity contribution in [3.05, 3.63) is 42.0 Å². The van der Waals surface area contributed by atoms with Crippen molar-refractivity contribution in [2.24, 2.45) is 0 Å². The Kier molecular flexibility index (Phi) is 4.95. The van der Waals surface area contributed by atoms with Gasteiger partial charge in [0.25, 0.3) is 0 Å². The van der Waals surface area contributed by atoms with Crippen LogP contribution in [0, 0.1) is 0 Å². The number of rotatable bonds is 6. The van der Waals surface area contributed by atoms with Gasteiger partial charge in [0.05, 0.1) is 7.11 Å². The highest BCUT2D eigenvalue weighted by atomic mass is 16.5. The largest absolute Gasteiger partial charge is 0.497 e. The summed E-state index contributed by atoms with van der Waals surface area (Å²) in [4.78, 5) is 10.7. The monoisotopic (exact) mass is 248 g/mol. The van der Waals surface area contributed by atoms with Crippen LogP contribution in [0.5, 0.6) is 5.75 Å². The van der Waals surface area contributed by atoms with Gasteiger partial charge in [-0.3, -0.25) is 0 Å². The SMILES string of the molecule is CCCC(C)(/C=C/C(=O)O)c1cccc(OC)c1. The van der Waals surface area contributed by atoms with Crippen molar-refractivity contribution < 1.29 is 14.6 Å². The Morgan fingerprint density at radius 1 is 1.50 bits per heavy atom. The Hall–Kier alpha value is -1.77. The summed E-state index contributed by atoms with van der Waals surface area (Å²) in [5.41, 5.74) is 0.794. The average Bonchev–Trinajstić information content (AvgIpc) is 2.37. The van der Waals surface area contributed by atoms with Crippen molar-refractivity contribution in [2.45, 2.75) is 32.1 Å². The first-order valence-corrected chi connectivity index (χ1v) is 6.08. The van der Waals surface area contributed by atoms with Gasteiger partial charge in [-0.25, -0.2) is 4.79 Å². The molecular weight excluding hydrogens is 228 g/mol. The summed E-state index contributed by atoms with van der Waals surface area (Å²) in [6, 6.07) is 7.78. The number of carboxylic acids is 1. The molecule has 18 heavy (non-hydrogen) atoms. The van der Waals surface area contributed by atoms with E-state index in [1.54, 1.807) is 13.2 Å². The highest BCUT2D eigenvalue weighted by Crippen LogP contribution is 2.32. The van der Waals surface area contributed by atoms with Gasteiger partial charge in [-0.1, -0.05) is 38.5 Å². The molecule has 98 valence electrons. The predicted molar refractivity (Wildman–Crippen MR) is 72.0 cm³/mol. The van der Waals surface area contributed by atoms with Gasteiger partial charge in [-0.15, -0.1) is 0 Å². The van der Waals surface area contributed by atoms with Crippen LogP contribution in [0.4, 0.5) is 0 Å². The number of benzene rings is 1. The van der Waals surface area contributed by atoms with Gasteiger partial charge in [0.15, 0.2) is 0 Å². The van der Waals surface area contributed by atoms with Crippen molar-refractivity contribution >= 4 is 5.97 Å². The topological polar surface area (TPSA) is 46.5 Å². The molecule has 1 atom stereocenters. The number of allylic oxidation sites excluding steroid dienone is 1. The van der Waals surface area contributed by atoms with Crippen LogP contribution >= 0.6 is 0 Å². The van der Waals surface area contributed by atoms with E-state index in [-0.39, 0.29) is 5.41 Å². The second kappa shape index (κ2) is 6.24. The molecule has 0 aliphatic carbocycles. The van der Waals surface area contributed by atoms with Crippen LogP contribution in [0.1, 0.15) is 32.3 Å². The molecule has 0 radical (unpaired) electrons. The summed E-state index contributed by atoms with van der Waals surface area (Å²) in [5, 5.41) is 8.78. The Morgan fingerprint density at radius 3 is 2.78 bits per heavy atom. The van der Waals surface area contributed by atoms with Crippen LogP contribution in [0.2, 0.25) is 0 Å². The first kappa shape index (κ1) is 14.3. The number of carboxylic acid groups (broad SMARTS) is 1. The predicted octanol–water partition coefficient (Wildman–Crippen LogP) is 3.39. The lowest BCUT2D eigenvalue weighted by molar-refractivity contribution is -0.131. The van der Waals surface area contributed by atoms with Gasteiger partial charge in [0.2, 0.25) is 0 Å². The Bertz CT molecular complexity index is 437. The summed E-state index contributed by atoms with van der Waals surface area (Å²) in [6.07, 6.45) is 4.85. The minimum absolute atomic E-state index is 0.276. The molecule has 3 heteroatoms. The third kappa shape index (κ3) is 3.62. The van der Waals surface area contributed by atoms with Crippen LogP contribution in [0.3, 0.4) is 0 Å². The van der Waals surface area contributed by atoms with Gasteiger partial charge >= 0.3 is 5.97 Å². The third-order valence-corrected chi connectivity index (χ3v) is 3.09. The summed E-state index contributed by atoms with van der Waals surface area (Å²) in [5.74, 6) is -0.126. The highest BCUT2D eigenvalue weighted by molar-refractivity contribution is 5.80. The molecule has 0 fully saturated rings. The average molecular weight is 248 g/mol. The van der Waals surface area contributed by atoms with E-state index in [9.17, 15) is 4.79 Å². The number of aliphatic carboxylic acids is 1. The summed E-state index contributed by atoms with van der Waals surface area (Å²) < 4.78 is 5.21. The molecular formula is C15H20O3. The van der Waals surface area contributed by atoms with Crippen LogP contribution in [0.25, 0.3) is 0 Å². The van der Waals surface area contributed by atoms with E-state index in [0.717, 1.165) is 24.2 Å². The Labute approximate surface area is 108 Å². The zero-order chi connectivity index (χ0) is 13.6. The van der Waals surface area contributed by atoms with Gasteiger partial charge in [-0.2, -0.15) is 0 Å². The van der Waals surface area contributed by atoms with Crippen molar-refractivity contribution in [2.75, 3.05) is 7.11 Å². The lowest BCUT2D eigenvalue weighted by Gasteiger charge is -2.26. The van der Waals surface area contributed by atoms with Crippen LogP contribution in [0.15, 0.2) is 36.4 Å². The first-order valence-electron chi connectivity index (χ1n) is 6.08. The molecule has 0 saturated heterocycles. The van der Waals surface area contributed by atoms with E-state index in [0.29, 0.717) is 0 Å². The molecule has 1 aromatic rings. The van der Waals surface area contributed by atoms with E-state index in [2.05, 4.69) is 6.92 Å². The van der Waals surface area contributed by atoms with Crippen molar-refractivity contribution in [1.29, 1.82) is 0 Å². The molecule has 3 nitrogen and oxygen atoms in total. The fourth-order valence-electron chi connectivity index (χ4n) is 2.08. The maximum atomic E-state index is 10.7. The van der Waals surface area contributed by atoms with Gasteiger partial charge in [0.1, 0.15) is 5.75 Å². The standard InChI is InChI=1S/C15H20O3/c1-4-9-15(2,10-8-14(16)17)12-6-5-7-13(11-12)18-3/h5-8,10-11H,4,9H2,1-3H3,(H,16,17)/b10-8+. The summed E-state index contributed by atoms with van der Waals surface area (Å²) >= 11 is 0. The number of hydrogen-bond acceptors (Lipinski definition) is 2. The molecule has 0 spiro atoms. The van der Waals surface area contributed by atoms with Gasteiger partial charge < -0.3 is 9.84 Å². The third-order valence-electron chi connectivity index (χ3n) is 3.09. The molecule has 0 heterocycles. The minimum Gasteiger partial charge on any atom is -0.497 e. The second-order valence-corrected chi connectivity index (χ2v) is 4.57. The lowest BCUT2D eigenvalue weighted by Crippen LogP contribution is -2.19. The zero-order valence-electron chi connectivity index (χ0n) is 11.1. The van der Waals surface area contributed by atoms with Crippen LogP contribution in [-0.2, 0) is 10.2 Å². The van der Waals surface area contributed by atoms with Gasteiger partial charge in [-0.05, 0) is 24.1 Å². The van der Waals surface area contributed by atoms with E-state index in [4.69, 9.17) is 9.84 Å². The summed E-state index contributed by atoms with van der Waals surface area (Å²) in [7, 11) is 1.63. The number of ether oxygens (including phenoxy) is 1. The van der Waals surface area contributed by atoms with Crippen molar-refractivity contribution in [1.82, 2.24) is 0 Å². The zero-order valence-corrected chi connectivity index (χ0v) is 11.1. The quantitative estimate of drug-likeness (QED) is 0.785. The maximum Gasteiger partial charge on any atom is 0.328 e. The second-order valence-electron chi connectivity index (χ2n) is 4.57. The van der Waals surface area contributed by atoms with E-state index in [1.165, 1.54) is 6.08 Å². The number of carbonyl (C=O) groups is 1. The smallest absolute Gasteiger partial charge is 0.328 e. The lowest BCUT2D eigenvalue weighted by atomic mass is 9.78. The van der Waals surface area contributed by atoms with Crippen LogP contribution < -0.4 is 4.74 Å². The molecule has 1 N–H and O–H groups in total. The van der Waals surface area contributed by atoms with Crippen molar-refractivity contribution in [3.63, 3.8) is 0 Å². The maximum absolute atomic E-state index is 10.7. The molecule has 1 aromatic carbocycles. The molecule has 0 aliphatic rings. The number of hydrogen-bond donors (Lipinski definition) is 1. The van der Waals surface area contributed by atoms with E-state index >= 15 is 0 Å². The Morgan fingerprint density at radius 2 is 2.22 bits per heavy atom. The molecule has 0 bridgehead atoms. The first-order chi connectivity index (χ1) is 8.51. The summed E-state index contributed by atoms with van der Waals surface area (Å²) in [6.45, 7) is 4.14. The molecule has 1 unspecified atom stereocenters.